The van der Waals surface area contributed by atoms with E-state index in [0.717, 1.165) is 11.3 Å². The summed E-state index contributed by atoms with van der Waals surface area (Å²) in [5, 5.41) is 0. The molecule has 0 bridgehead atoms. The first-order valence-electron chi connectivity index (χ1n) is 5.72. The second-order valence-corrected chi connectivity index (χ2v) is 4.47. The average molecular weight is 207 g/mol. The van der Waals surface area contributed by atoms with E-state index < -0.39 is 0 Å². The lowest BCUT2D eigenvalue weighted by molar-refractivity contribution is 0.337. The van der Waals surface area contributed by atoms with Gasteiger partial charge in [0, 0.05) is 11.6 Å². The zero-order chi connectivity index (χ0) is 10.7. The van der Waals surface area contributed by atoms with Gasteiger partial charge >= 0.3 is 0 Å². The maximum absolute atomic E-state index is 13.1. The fourth-order valence-electron chi connectivity index (χ4n) is 2.59. The lowest BCUT2D eigenvalue weighted by Gasteiger charge is -2.20. The average Bonchev–Trinajstić information content (AvgIpc) is 2.75. The molecule has 1 aliphatic carbocycles. The number of rotatable bonds is 3. The maximum atomic E-state index is 13.1. The summed E-state index contributed by atoms with van der Waals surface area (Å²) in [6.07, 6.45) is 4.88. The summed E-state index contributed by atoms with van der Waals surface area (Å²) in [5.74, 6) is 0.631. The molecule has 0 radical (unpaired) electrons. The van der Waals surface area contributed by atoms with Crippen molar-refractivity contribution >= 4 is 5.69 Å². The first-order valence-corrected chi connectivity index (χ1v) is 5.72. The summed E-state index contributed by atoms with van der Waals surface area (Å²) in [7, 11) is 0. The van der Waals surface area contributed by atoms with E-state index in [2.05, 4.69) is 0 Å². The number of halogens is 1. The van der Waals surface area contributed by atoms with Gasteiger partial charge in [0.25, 0.3) is 0 Å². The quantitative estimate of drug-likeness (QED) is 0.754. The smallest absolute Gasteiger partial charge is 0.0965 e. The van der Waals surface area contributed by atoms with Crippen LogP contribution in [0.4, 0.5) is 10.1 Å². The third-order valence-corrected chi connectivity index (χ3v) is 3.50. The molecule has 82 valence electrons. The van der Waals surface area contributed by atoms with Gasteiger partial charge in [0.1, 0.15) is 0 Å². The van der Waals surface area contributed by atoms with Gasteiger partial charge in [-0.15, -0.1) is 0 Å². The third-order valence-electron chi connectivity index (χ3n) is 3.50. The molecule has 1 aromatic carbocycles. The number of benzene rings is 1. The Hall–Kier alpha value is -1.05. The molecule has 15 heavy (non-hydrogen) atoms. The highest BCUT2D eigenvalue weighted by Crippen LogP contribution is 2.37. The summed E-state index contributed by atoms with van der Waals surface area (Å²) in [4.78, 5) is 0. The van der Waals surface area contributed by atoms with Crippen LogP contribution in [0.1, 0.15) is 37.2 Å². The number of nitrogens with two attached hydrogens (primary N) is 1. The van der Waals surface area contributed by atoms with E-state index in [1.54, 1.807) is 0 Å². The van der Waals surface area contributed by atoms with Crippen molar-refractivity contribution < 1.29 is 4.39 Å². The van der Waals surface area contributed by atoms with E-state index in [9.17, 15) is 4.39 Å². The molecule has 1 saturated carbocycles. The molecule has 0 spiro atoms. The van der Waals surface area contributed by atoms with Gasteiger partial charge in [0.15, 0.2) is 0 Å². The predicted molar refractivity (Wildman–Crippen MR) is 61.5 cm³/mol. The van der Waals surface area contributed by atoms with Crippen LogP contribution in [0.5, 0.6) is 0 Å². The van der Waals surface area contributed by atoms with Crippen LogP contribution in [0.2, 0.25) is 0 Å². The van der Waals surface area contributed by atoms with Crippen molar-refractivity contribution in [2.45, 2.75) is 31.6 Å². The second-order valence-electron chi connectivity index (χ2n) is 4.47. The standard InChI is InChI=1S/C13H18FN/c14-9-13(10-3-1-2-4-10)11-5-7-12(15)8-6-11/h5-8,10,13H,1-4,9,15H2. The zero-order valence-corrected chi connectivity index (χ0v) is 8.95. The summed E-state index contributed by atoms with van der Waals surface area (Å²) in [6, 6.07) is 7.68. The van der Waals surface area contributed by atoms with E-state index in [0.29, 0.717) is 5.92 Å². The summed E-state index contributed by atoms with van der Waals surface area (Å²) >= 11 is 0. The Balaban J connectivity index is 2.14. The topological polar surface area (TPSA) is 26.0 Å². The van der Waals surface area contributed by atoms with Crippen molar-refractivity contribution in [1.29, 1.82) is 0 Å². The molecule has 0 saturated heterocycles. The van der Waals surface area contributed by atoms with Gasteiger partial charge in [-0.1, -0.05) is 25.0 Å². The van der Waals surface area contributed by atoms with E-state index in [4.69, 9.17) is 5.73 Å². The molecule has 1 aliphatic rings. The van der Waals surface area contributed by atoms with Crippen molar-refractivity contribution in [3.05, 3.63) is 29.8 Å². The minimum Gasteiger partial charge on any atom is -0.399 e. The highest BCUT2D eigenvalue weighted by molar-refractivity contribution is 5.40. The Morgan fingerprint density at radius 2 is 1.80 bits per heavy atom. The van der Waals surface area contributed by atoms with E-state index in [1.165, 1.54) is 25.7 Å². The molecule has 1 atom stereocenters. The van der Waals surface area contributed by atoms with Crippen molar-refractivity contribution in [1.82, 2.24) is 0 Å². The number of nitrogen functional groups attached to an aromatic ring is 1. The highest BCUT2D eigenvalue weighted by atomic mass is 19.1. The molecule has 0 amide bonds. The molecule has 1 aromatic rings. The lowest BCUT2D eigenvalue weighted by atomic mass is 9.86. The molecular weight excluding hydrogens is 189 g/mol. The van der Waals surface area contributed by atoms with Gasteiger partial charge in [-0.25, -0.2) is 0 Å². The van der Waals surface area contributed by atoms with Crippen LogP contribution in [0.15, 0.2) is 24.3 Å². The molecule has 0 heterocycles. The second kappa shape index (κ2) is 4.65. The van der Waals surface area contributed by atoms with E-state index in [-0.39, 0.29) is 12.6 Å². The Morgan fingerprint density at radius 1 is 1.20 bits per heavy atom. The Morgan fingerprint density at radius 3 is 2.33 bits per heavy atom. The first-order chi connectivity index (χ1) is 7.31. The van der Waals surface area contributed by atoms with Crippen LogP contribution in [0, 0.1) is 5.92 Å². The molecule has 1 nitrogen and oxygen atoms in total. The van der Waals surface area contributed by atoms with Crippen LogP contribution in [-0.2, 0) is 0 Å². The van der Waals surface area contributed by atoms with Crippen LogP contribution in [0.3, 0.4) is 0 Å². The van der Waals surface area contributed by atoms with Gasteiger partial charge in [-0.2, -0.15) is 0 Å². The SMILES string of the molecule is Nc1ccc(C(CF)C2CCCC2)cc1. The molecular formula is C13H18FN. The molecule has 0 aliphatic heterocycles. The molecule has 1 fully saturated rings. The number of hydrogen-bond donors (Lipinski definition) is 1. The van der Waals surface area contributed by atoms with E-state index in [1.807, 2.05) is 24.3 Å². The Kier molecular flexibility index (Phi) is 3.24. The van der Waals surface area contributed by atoms with Crippen LogP contribution in [-0.4, -0.2) is 6.67 Å². The van der Waals surface area contributed by atoms with Crippen LogP contribution in [0.25, 0.3) is 0 Å². The molecule has 2 heteroatoms. The number of alkyl halides is 1. The van der Waals surface area contributed by atoms with Crippen molar-refractivity contribution in [3.8, 4) is 0 Å². The Bertz CT molecular complexity index is 301. The first kappa shape index (κ1) is 10.5. The van der Waals surface area contributed by atoms with Gasteiger partial charge in [-0.3, -0.25) is 4.39 Å². The monoisotopic (exact) mass is 207 g/mol. The molecule has 2 rings (SSSR count). The van der Waals surface area contributed by atoms with Gasteiger partial charge < -0.3 is 5.73 Å². The van der Waals surface area contributed by atoms with Crippen molar-refractivity contribution in [2.24, 2.45) is 5.92 Å². The Labute approximate surface area is 90.5 Å². The lowest BCUT2D eigenvalue weighted by Crippen LogP contribution is -2.11. The van der Waals surface area contributed by atoms with Gasteiger partial charge in [0.2, 0.25) is 0 Å². The maximum Gasteiger partial charge on any atom is 0.0965 e. The molecule has 2 N–H and O–H groups in total. The summed E-state index contributed by atoms with van der Waals surface area (Å²) in [5.41, 5.74) is 7.49. The van der Waals surface area contributed by atoms with Crippen molar-refractivity contribution in [3.63, 3.8) is 0 Å². The fraction of sp³-hybridized carbons (Fsp3) is 0.538. The number of hydrogen-bond acceptors (Lipinski definition) is 1. The van der Waals surface area contributed by atoms with E-state index >= 15 is 0 Å². The van der Waals surface area contributed by atoms with Gasteiger partial charge in [-0.05, 0) is 36.5 Å². The molecule has 1 unspecified atom stereocenters. The minimum atomic E-state index is -0.241. The minimum absolute atomic E-state index is 0.0908. The molecule has 0 aromatic heterocycles. The van der Waals surface area contributed by atoms with Crippen LogP contribution < -0.4 is 5.73 Å². The van der Waals surface area contributed by atoms with Crippen LogP contribution >= 0.6 is 0 Å². The predicted octanol–water partition coefficient (Wildman–Crippen LogP) is 3.51. The highest BCUT2D eigenvalue weighted by Gasteiger charge is 2.26. The van der Waals surface area contributed by atoms with Gasteiger partial charge in [0.05, 0.1) is 6.67 Å². The van der Waals surface area contributed by atoms with Crippen molar-refractivity contribution in [2.75, 3.05) is 12.4 Å². The summed E-state index contributed by atoms with van der Waals surface area (Å²) < 4.78 is 13.1. The zero-order valence-electron chi connectivity index (χ0n) is 8.95. The fourth-order valence-corrected chi connectivity index (χ4v) is 2.59. The summed E-state index contributed by atoms with van der Waals surface area (Å²) in [6.45, 7) is -0.241. The normalized spacial score (nSPS) is 19.3. The number of anilines is 1. The largest absolute Gasteiger partial charge is 0.399 e. The third kappa shape index (κ3) is 2.31.